The summed E-state index contributed by atoms with van der Waals surface area (Å²) in [6.07, 6.45) is 0.613. The summed E-state index contributed by atoms with van der Waals surface area (Å²) >= 11 is 0. The number of urea groups is 1. The quantitative estimate of drug-likeness (QED) is 0.669. The van der Waals surface area contributed by atoms with Crippen LogP contribution in [-0.2, 0) is 4.79 Å². The van der Waals surface area contributed by atoms with Crippen LogP contribution in [0.4, 0.5) is 4.79 Å². The number of amides is 3. The summed E-state index contributed by atoms with van der Waals surface area (Å²) in [5.41, 5.74) is 1.61. The Kier molecular flexibility index (Phi) is 4.21. The van der Waals surface area contributed by atoms with Crippen LogP contribution < -0.4 is 10.1 Å². The molecule has 0 atom stereocenters. The number of nitrogens with zero attached hydrogens (tertiary/aromatic N) is 1. The molecule has 0 spiro atoms. The topological polar surface area (TPSA) is 58.6 Å². The maximum absolute atomic E-state index is 12.0. The van der Waals surface area contributed by atoms with Crippen LogP contribution >= 0.6 is 0 Å². The van der Waals surface area contributed by atoms with Gasteiger partial charge in [0.15, 0.2) is 0 Å². The van der Waals surface area contributed by atoms with Crippen molar-refractivity contribution in [1.29, 1.82) is 0 Å². The summed E-state index contributed by atoms with van der Waals surface area (Å²) in [7, 11) is 0. The third kappa shape index (κ3) is 3.35. The number of hydrogen-bond acceptors (Lipinski definition) is 3. The third-order valence-corrected chi connectivity index (χ3v) is 3.72. The van der Waals surface area contributed by atoms with Crippen molar-refractivity contribution in [2.75, 3.05) is 13.2 Å². The molecule has 114 valence electrons. The Balaban J connectivity index is 1.81. The van der Waals surface area contributed by atoms with E-state index >= 15 is 0 Å². The third-order valence-electron chi connectivity index (χ3n) is 3.72. The van der Waals surface area contributed by atoms with Crippen molar-refractivity contribution in [2.45, 2.75) is 39.7 Å². The van der Waals surface area contributed by atoms with E-state index in [4.69, 9.17) is 4.74 Å². The van der Waals surface area contributed by atoms with Gasteiger partial charge >= 0.3 is 6.03 Å². The summed E-state index contributed by atoms with van der Waals surface area (Å²) in [6.45, 7) is 8.35. The molecule has 1 aliphatic rings. The van der Waals surface area contributed by atoms with E-state index in [1.807, 2.05) is 25.1 Å². The fourth-order valence-corrected chi connectivity index (χ4v) is 2.24. The molecule has 0 aliphatic carbocycles. The van der Waals surface area contributed by atoms with Gasteiger partial charge in [-0.2, -0.15) is 0 Å². The van der Waals surface area contributed by atoms with E-state index in [0.717, 1.165) is 5.75 Å². The minimum Gasteiger partial charge on any atom is -0.494 e. The van der Waals surface area contributed by atoms with E-state index in [0.29, 0.717) is 19.6 Å². The molecular weight excluding hydrogens is 268 g/mol. The predicted octanol–water partition coefficient (Wildman–Crippen LogP) is 2.40. The molecule has 1 fully saturated rings. The number of nitrogens with one attached hydrogen (secondary N) is 1. The first-order chi connectivity index (χ1) is 9.81. The van der Waals surface area contributed by atoms with Crippen molar-refractivity contribution >= 4 is 11.9 Å². The molecule has 1 N–H and O–H groups in total. The molecule has 1 aromatic rings. The highest BCUT2D eigenvalue weighted by molar-refractivity contribution is 6.06. The number of benzene rings is 1. The Hall–Kier alpha value is -2.04. The zero-order valence-corrected chi connectivity index (χ0v) is 13.0. The molecule has 5 nitrogen and oxygen atoms in total. The van der Waals surface area contributed by atoms with Crippen molar-refractivity contribution in [3.8, 4) is 5.75 Å². The SMILES string of the molecule is Cc1ccc(OCCCN2C(=O)NC(C)(C)C2=O)cc1C. The summed E-state index contributed by atoms with van der Waals surface area (Å²) in [6, 6.07) is 5.62. The maximum atomic E-state index is 12.0. The fourth-order valence-electron chi connectivity index (χ4n) is 2.24. The number of hydrogen-bond donors (Lipinski definition) is 1. The van der Waals surface area contributed by atoms with Gasteiger partial charge in [-0.1, -0.05) is 6.07 Å². The molecule has 0 aromatic heterocycles. The highest BCUT2D eigenvalue weighted by atomic mass is 16.5. The Labute approximate surface area is 125 Å². The summed E-state index contributed by atoms with van der Waals surface area (Å²) in [5, 5.41) is 2.66. The van der Waals surface area contributed by atoms with Gasteiger partial charge in [0.05, 0.1) is 6.61 Å². The van der Waals surface area contributed by atoms with Gasteiger partial charge < -0.3 is 10.1 Å². The van der Waals surface area contributed by atoms with Crippen molar-refractivity contribution in [3.05, 3.63) is 29.3 Å². The van der Waals surface area contributed by atoms with Crippen LogP contribution in [0, 0.1) is 13.8 Å². The molecule has 2 rings (SSSR count). The van der Waals surface area contributed by atoms with Gasteiger partial charge in [0.1, 0.15) is 11.3 Å². The summed E-state index contributed by atoms with van der Waals surface area (Å²) < 4.78 is 5.65. The van der Waals surface area contributed by atoms with E-state index in [1.54, 1.807) is 13.8 Å². The molecule has 0 unspecified atom stereocenters. The van der Waals surface area contributed by atoms with Gasteiger partial charge in [0.25, 0.3) is 5.91 Å². The van der Waals surface area contributed by atoms with E-state index < -0.39 is 5.54 Å². The number of rotatable bonds is 5. The molecule has 1 aromatic carbocycles. The first-order valence-electron chi connectivity index (χ1n) is 7.15. The predicted molar refractivity (Wildman–Crippen MR) is 80.4 cm³/mol. The number of carbonyl (C=O) groups is 2. The molecule has 21 heavy (non-hydrogen) atoms. The molecule has 0 radical (unpaired) electrons. The van der Waals surface area contributed by atoms with E-state index in [1.165, 1.54) is 16.0 Å². The Morgan fingerprint density at radius 2 is 1.90 bits per heavy atom. The van der Waals surface area contributed by atoms with Crippen LogP contribution in [0.2, 0.25) is 0 Å². The molecule has 1 aliphatic heterocycles. The number of imide groups is 1. The molecule has 1 heterocycles. The largest absolute Gasteiger partial charge is 0.494 e. The molecule has 3 amide bonds. The molecule has 0 bridgehead atoms. The monoisotopic (exact) mass is 290 g/mol. The van der Waals surface area contributed by atoms with Crippen LogP contribution in [0.15, 0.2) is 18.2 Å². The lowest BCUT2D eigenvalue weighted by molar-refractivity contribution is -0.130. The van der Waals surface area contributed by atoms with Crippen molar-refractivity contribution in [2.24, 2.45) is 0 Å². The highest BCUT2D eigenvalue weighted by Crippen LogP contribution is 2.18. The summed E-state index contributed by atoms with van der Waals surface area (Å²) in [5.74, 6) is 0.634. The molecule has 1 saturated heterocycles. The first kappa shape index (κ1) is 15.4. The van der Waals surface area contributed by atoms with Gasteiger partial charge in [0, 0.05) is 6.54 Å². The number of carbonyl (C=O) groups excluding carboxylic acids is 2. The lowest BCUT2D eigenvalue weighted by Gasteiger charge is -2.16. The van der Waals surface area contributed by atoms with Crippen LogP contribution in [-0.4, -0.2) is 35.5 Å². The van der Waals surface area contributed by atoms with Gasteiger partial charge in [-0.05, 0) is 57.4 Å². The lowest BCUT2D eigenvalue weighted by atomic mass is 10.1. The number of aryl methyl sites for hydroxylation is 2. The van der Waals surface area contributed by atoms with Crippen molar-refractivity contribution in [1.82, 2.24) is 10.2 Å². The standard InChI is InChI=1S/C16H22N2O3/c1-11-6-7-13(10-12(11)2)21-9-5-8-18-14(19)16(3,4)17-15(18)20/h6-7,10H,5,8-9H2,1-4H3,(H,17,20). The highest BCUT2D eigenvalue weighted by Gasteiger charge is 2.43. The van der Waals surface area contributed by atoms with Gasteiger partial charge in [-0.15, -0.1) is 0 Å². The van der Waals surface area contributed by atoms with E-state index in [2.05, 4.69) is 12.2 Å². The Morgan fingerprint density at radius 1 is 1.19 bits per heavy atom. The van der Waals surface area contributed by atoms with E-state index in [9.17, 15) is 9.59 Å². The Morgan fingerprint density at radius 3 is 2.48 bits per heavy atom. The second-order valence-electron chi connectivity index (χ2n) is 5.96. The van der Waals surface area contributed by atoms with Gasteiger partial charge in [-0.25, -0.2) is 4.79 Å². The minimum atomic E-state index is -0.800. The van der Waals surface area contributed by atoms with Gasteiger partial charge in [0.2, 0.25) is 0 Å². The molecular formula is C16H22N2O3. The Bertz CT molecular complexity index is 567. The summed E-state index contributed by atoms with van der Waals surface area (Å²) in [4.78, 5) is 24.9. The smallest absolute Gasteiger partial charge is 0.325 e. The fraction of sp³-hybridized carbons (Fsp3) is 0.500. The normalized spacial score (nSPS) is 17.0. The van der Waals surface area contributed by atoms with Crippen LogP contribution in [0.25, 0.3) is 0 Å². The van der Waals surface area contributed by atoms with Crippen molar-refractivity contribution < 1.29 is 14.3 Å². The van der Waals surface area contributed by atoms with Crippen LogP contribution in [0.5, 0.6) is 5.75 Å². The van der Waals surface area contributed by atoms with Gasteiger partial charge in [-0.3, -0.25) is 9.69 Å². The molecule has 0 saturated carbocycles. The van der Waals surface area contributed by atoms with Crippen LogP contribution in [0.3, 0.4) is 0 Å². The second-order valence-corrected chi connectivity index (χ2v) is 5.96. The minimum absolute atomic E-state index is 0.182. The van der Waals surface area contributed by atoms with E-state index in [-0.39, 0.29) is 11.9 Å². The average molecular weight is 290 g/mol. The second kappa shape index (κ2) is 5.76. The lowest BCUT2D eigenvalue weighted by Crippen LogP contribution is -2.40. The van der Waals surface area contributed by atoms with Crippen LogP contribution in [0.1, 0.15) is 31.4 Å². The zero-order valence-electron chi connectivity index (χ0n) is 13.0. The zero-order chi connectivity index (χ0) is 15.6. The number of ether oxygens (including phenoxy) is 1. The van der Waals surface area contributed by atoms with Crippen molar-refractivity contribution in [3.63, 3.8) is 0 Å². The molecule has 5 heteroatoms. The first-order valence-corrected chi connectivity index (χ1v) is 7.15. The average Bonchev–Trinajstić information content (AvgIpc) is 2.60. The maximum Gasteiger partial charge on any atom is 0.325 e.